The minimum absolute atomic E-state index is 0.0508. The largest absolute Gasteiger partial charge is 0.487 e. The molecule has 5 heteroatoms. The summed E-state index contributed by atoms with van der Waals surface area (Å²) in [6.45, 7) is 2.75. The van der Waals surface area contributed by atoms with Gasteiger partial charge in [0.05, 0.1) is 11.5 Å². The van der Waals surface area contributed by atoms with Crippen LogP contribution < -0.4 is 4.74 Å². The van der Waals surface area contributed by atoms with E-state index >= 15 is 0 Å². The fourth-order valence-electron chi connectivity index (χ4n) is 2.15. The van der Waals surface area contributed by atoms with Gasteiger partial charge in [-0.05, 0) is 18.1 Å². The zero-order valence-electron chi connectivity index (χ0n) is 12.6. The Balaban J connectivity index is 2.33. The van der Waals surface area contributed by atoms with Crippen LogP contribution >= 0.6 is 15.9 Å². The van der Waals surface area contributed by atoms with Crippen molar-refractivity contribution in [1.82, 2.24) is 0 Å². The van der Waals surface area contributed by atoms with Gasteiger partial charge >= 0.3 is 5.69 Å². The smallest absolute Gasteiger partial charge is 0.311 e. The monoisotopic (exact) mass is 357 g/mol. The molecule has 0 amide bonds. The first kappa shape index (κ1) is 18.0. The molecule has 1 aromatic rings. The van der Waals surface area contributed by atoms with E-state index in [4.69, 9.17) is 4.74 Å². The summed E-state index contributed by atoms with van der Waals surface area (Å²) in [4.78, 5) is 10.7. The van der Waals surface area contributed by atoms with Gasteiger partial charge in [0.15, 0.2) is 5.75 Å². The van der Waals surface area contributed by atoms with Crippen molar-refractivity contribution in [3.63, 3.8) is 0 Å². The Labute approximate surface area is 135 Å². The number of benzene rings is 1. The van der Waals surface area contributed by atoms with E-state index in [9.17, 15) is 10.1 Å². The van der Waals surface area contributed by atoms with E-state index in [0.717, 1.165) is 18.4 Å². The zero-order valence-corrected chi connectivity index (χ0v) is 14.2. The molecule has 0 spiro atoms. The lowest BCUT2D eigenvalue weighted by molar-refractivity contribution is -0.385. The summed E-state index contributed by atoms with van der Waals surface area (Å²) in [5.74, 6) is 0.371. The molecule has 0 N–H and O–H groups in total. The number of nitro benzene ring substituents is 1. The lowest BCUT2D eigenvalue weighted by Crippen LogP contribution is -2.01. The number of ether oxygens (including phenoxy) is 1. The quantitative estimate of drug-likeness (QED) is 0.223. The molecule has 0 unspecified atom stereocenters. The number of nitrogens with zero attached hydrogens (tertiary/aromatic N) is 1. The maximum atomic E-state index is 11.0. The summed E-state index contributed by atoms with van der Waals surface area (Å²) in [5, 5.41) is 11.6. The Bertz CT molecular complexity index is 438. The van der Waals surface area contributed by atoms with E-state index in [2.05, 4.69) is 22.9 Å². The number of unbranched alkanes of at least 4 members (excludes halogenated alkanes) is 6. The molecule has 0 aliphatic rings. The second kappa shape index (κ2) is 10.6. The van der Waals surface area contributed by atoms with E-state index < -0.39 is 0 Å². The summed E-state index contributed by atoms with van der Waals surface area (Å²) >= 11 is 3.30. The average Bonchev–Trinajstić information content (AvgIpc) is 2.49. The summed E-state index contributed by atoms with van der Waals surface area (Å²) in [6.07, 6.45) is 8.43. The average molecular weight is 358 g/mol. The Kier molecular flexibility index (Phi) is 9.06. The molecule has 0 bridgehead atoms. The summed E-state index contributed by atoms with van der Waals surface area (Å²) in [7, 11) is 0. The third kappa shape index (κ3) is 6.93. The van der Waals surface area contributed by atoms with Crippen LogP contribution in [0.3, 0.4) is 0 Å². The molecule has 0 aliphatic carbocycles. The summed E-state index contributed by atoms with van der Waals surface area (Å²) < 4.78 is 5.57. The molecular weight excluding hydrogens is 334 g/mol. The third-order valence-corrected chi connectivity index (χ3v) is 4.03. The first-order valence-corrected chi connectivity index (χ1v) is 8.77. The van der Waals surface area contributed by atoms with Gasteiger partial charge in [0.2, 0.25) is 0 Å². The zero-order chi connectivity index (χ0) is 15.5. The SMILES string of the molecule is CCCCCCCCCOc1ccc(CBr)cc1[N+](=O)[O-]. The summed E-state index contributed by atoms with van der Waals surface area (Å²) in [6, 6.07) is 5.10. The molecule has 1 aromatic carbocycles. The first-order chi connectivity index (χ1) is 10.2. The van der Waals surface area contributed by atoms with Crippen molar-refractivity contribution in [1.29, 1.82) is 0 Å². The number of halogens is 1. The number of alkyl halides is 1. The van der Waals surface area contributed by atoms with Crippen molar-refractivity contribution in [2.24, 2.45) is 0 Å². The molecule has 0 fully saturated rings. The Morgan fingerprint density at radius 1 is 1.14 bits per heavy atom. The normalized spacial score (nSPS) is 10.6. The predicted molar refractivity (Wildman–Crippen MR) is 89.2 cm³/mol. The van der Waals surface area contributed by atoms with Crippen LogP contribution in [0.4, 0.5) is 5.69 Å². The maximum Gasteiger partial charge on any atom is 0.311 e. The first-order valence-electron chi connectivity index (χ1n) is 7.65. The van der Waals surface area contributed by atoms with Crippen LogP contribution in [0.1, 0.15) is 57.4 Å². The highest BCUT2D eigenvalue weighted by molar-refractivity contribution is 9.08. The van der Waals surface area contributed by atoms with Crippen LogP contribution in [-0.2, 0) is 5.33 Å². The van der Waals surface area contributed by atoms with Gasteiger partial charge < -0.3 is 4.74 Å². The minimum Gasteiger partial charge on any atom is -0.487 e. The lowest BCUT2D eigenvalue weighted by Gasteiger charge is -2.07. The van der Waals surface area contributed by atoms with Crippen molar-refractivity contribution < 1.29 is 9.66 Å². The van der Waals surface area contributed by atoms with Crippen molar-refractivity contribution in [2.45, 2.75) is 57.2 Å². The van der Waals surface area contributed by atoms with Crippen molar-refractivity contribution in [3.8, 4) is 5.75 Å². The fraction of sp³-hybridized carbons (Fsp3) is 0.625. The minimum atomic E-state index is -0.383. The van der Waals surface area contributed by atoms with Crippen LogP contribution in [-0.4, -0.2) is 11.5 Å². The second-order valence-corrected chi connectivity index (χ2v) is 5.72. The van der Waals surface area contributed by atoms with Gasteiger partial charge in [-0.2, -0.15) is 0 Å². The molecule has 0 heterocycles. The van der Waals surface area contributed by atoms with Gasteiger partial charge in [0, 0.05) is 11.4 Å². The molecule has 4 nitrogen and oxygen atoms in total. The van der Waals surface area contributed by atoms with E-state index in [1.54, 1.807) is 12.1 Å². The number of hydrogen-bond acceptors (Lipinski definition) is 3. The van der Waals surface area contributed by atoms with Gasteiger partial charge in [0.25, 0.3) is 0 Å². The van der Waals surface area contributed by atoms with Gasteiger partial charge in [-0.15, -0.1) is 0 Å². The van der Waals surface area contributed by atoms with Crippen molar-refractivity contribution in [3.05, 3.63) is 33.9 Å². The Hall–Kier alpha value is -1.10. The molecule has 0 atom stereocenters. The van der Waals surface area contributed by atoms with Crippen molar-refractivity contribution >= 4 is 21.6 Å². The third-order valence-electron chi connectivity index (χ3n) is 3.38. The Morgan fingerprint density at radius 3 is 2.43 bits per heavy atom. The van der Waals surface area contributed by atoms with Gasteiger partial charge in [-0.25, -0.2) is 0 Å². The lowest BCUT2D eigenvalue weighted by atomic mass is 10.1. The predicted octanol–water partition coefficient (Wildman–Crippen LogP) is 5.62. The number of nitro groups is 1. The van der Waals surface area contributed by atoms with Crippen LogP contribution in [0.15, 0.2) is 18.2 Å². The van der Waals surface area contributed by atoms with Crippen molar-refractivity contribution in [2.75, 3.05) is 6.61 Å². The molecule has 118 valence electrons. The number of hydrogen-bond donors (Lipinski definition) is 0. The maximum absolute atomic E-state index is 11.0. The van der Waals surface area contributed by atoms with Crippen LogP contribution in [0.5, 0.6) is 5.75 Å². The van der Waals surface area contributed by atoms with Crippen LogP contribution in [0.2, 0.25) is 0 Å². The molecule has 0 radical (unpaired) electrons. The highest BCUT2D eigenvalue weighted by Gasteiger charge is 2.15. The van der Waals surface area contributed by atoms with Gasteiger partial charge in [-0.3, -0.25) is 10.1 Å². The highest BCUT2D eigenvalue weighted by Crippen LogP contribution is 2.29. The molecular formula is C16H24BrNO3. The molecule has 0 saturated carbocycles. The van der Waals surface area contributed by atoms with E-state index in [-0.39, 0.29) is 10.6 Å². The molecule has 21 heavy (non-hydrogen) atoms. The molecule has 0 saturated heterocycles. The summed E-state index contributed by atoms with van der Waals surface area (Å²) in [5.41, 5.74) is 0.930. The van der Waals surface area contributed by atoms with Gasteiger partial charge in [0.1, 0.15) is 0 Å². The van der Waals surface area contributed by atoms with Gasteiger partial charge in [-0.1, -0.05) is 67.4 Å². The fourth-order valence-corrected chi connectivity index (χ4v) is 2.50. The van der Waals surface area contributed by atoms with E-state index in [1.165, 1.54) is 32.1 Å². The molecule has 0 aromatic heterocycles. The second-order valence-electron chi connectivity index (χ2n) is 5.16. The highest BCUT2D eigenvalue weighted by atomic mass is 79.9. The molecule has 0 aliphatic heterocycles. The standard InChI is InChI=1S/C16H24BrNO3/c1-2-3-4-5-6-7-8-11-21-16-10-9-14(13-17)12-15(16)18(19)20/h9-10,12H,2-8,11,13H2,1H3. The number of rotatable bonds is 11. The van der Waals surface area contributed by atoms with Crippen LogP contribution in [0, 0.1) is 10.1 Å². The van der Waals surface area contributed by atoms with Crippen LogP contribution in [0.25, 0.3) is 0 Å². The van der Waals surface area contributed by atoms with E-state index in [1.807, 2.05) is 6.07 Å². The van der Waals surface area contributed by atoms with E-state index in [0.29, 0.717) is 17.7 Å². The topological polar surface area (TPSA) is 52.4 Å². The molecule has 1 rings (SSSR count). The Morgan fingerprint density at radius 2 is 1.81 bits per heavy atom.